The van der Waals surface area contributed by atoms with Gasteiger partial charge in [-0.3, -0.25) is 0 Å². The van der Waals surface area contributed by atoms with E-state index in [9.17, 15) is 4.79 Å². The number of nitrogen functional groups attached to an aromatic ring is 1. The summed E-state index contributed by atoms with van der Waals surface area (Å²) >= 11 is 0. The summed E-state index contributed by atoms with van der Waals surface area (Å²) in [5, 5.41) is 2.83. The normalized spacial score (nSPS) is 18.4. The van der Waals surface area contributed by atoms with E-state index >= 15 is 0 Å². The molecule has 1 atom stereocenters. The summed E-state index contributed by atoms with van der Waals surface area (Å²) in [5.74, 6) is 0.740. The van der Waals surface area contributed by atoms with Crippen LogP contribution in [0.5, 0.6) is 5.75 Å². The van der Waals surface area contributed by atoms with Gasteiger partial charge in [0.05, 0.1) is 19.4 Å². The first-order valence-corrected chi connectivity index (χ1v) is 7.23. The van der Waals surface area contributed by atoms with Crippen molar-refractivity contribution in [3.05, 3.63) is 24.3 Å². The van der Waals surface area contributed by atoms with Crippen molar-refractivity contribution in [2.75, 3.05) is 39.1 Å². The molecule has 3 N–H and O–H groups in total. The second-order valence-corrected chi connectivity index (χ2v) is 5.16. The van der Waals surface area contributed by atoms with Crippen LogP contribution < -0.4 is 15.8 Å². The lowest BCUT2D eigenvalue weighted by molar-refractivity contribution is 0.166. The topological polar surface area (TPSA) is 76.8 Å². The zero-order chi connectivity index (χ0) is 15.1. The molecule has 1 heterocycles. The van der Waals surface area contributed by atoms with Gasteiger partial charge in [-0.1, -0.05) is 12.1 Å². The average Bonchev–Trinajstić information content (AvgIpc) is 2.92. The van der Waals surface area contributed by atoms with E-state index in [-0.39, 0.29) is 12.1 Å². The summed E-state index contributed by atoms with van der Waals surface area (Å²) in [6.07, 6.45) is 1.53. The number of carbonyl (C=O) groups is 1. The number of nitrogens with zero attached hydrogens (tertiary/aromatic N) is 1. The Morgan fingerprint density at radius 3 is 3.05 bits per heavy atom. The van der Waals surface area contributed by atoms with Crippen molar-refractivity contribution < 1.29 is 14.3 Å². The largest absolute Gasteiger partial charge is 0.491 e. The van der Waals surface area contributed by atoms with Gasteiger partial charge in [-0.15, -0.1) is 0 Å². The predicted octanol–water partition coefficient (Wildman–Crippen LogP) is 1.47. The number of anilines is 1. The minimum absolute atomic E-state index is 0.183. The number of nitrogens with two attached hydrogens (primary N) is 1. The Kier molecular flexibility index (Phi) is 5.68. The number of carbonyl (C=O) groups excluding carboxylic acids is 1. The molecule has 1 aromatic carbocycles. The molecule has 1 fully saturated rings. The molecule has 0 aliphatic carbocycles. The zero-order valence-electron chi connectivity index (χ0n) is 12.4. The van der Waals surface area contributed by atoms with Crippen LogP contribution in [0.1, 0.15) is 12.8 Å². The third kappa shape index (κ3) is 4.82. The number of amides is 1. The fraction of sp³-hybridized carbons (Fsp3) is 0.533. The van der Waals surface area contributed by atoms with Gasteiger partial charge in [-0.05, 0) is 25.0 Å². The van der Waals surface area contributed by atoms with Crippen molar-refractivity contribution in [2.24, 2.45) is 0 Å². The van der Waals surface area contributed by atoms with Crippen molar-refractivity contribution in [1.82, 2.24) is 10.2 Å². The van der Waals surface area contributed by atoms with Gasteiger partial charge in [-0.2, -0.15) is 0 Å². The van der Waals surface area contributed by atoms with Gasteiger partial charge in [0.1, 0.15) is 5.75 Å². The maximum atomic E-state index is 11.1. The smallest absolute Gasteiger partial charge is 0.407 e. The number of hydrogen-bond acceptors (Lipinski definition) is 5. The number of rotatable bonds is 6. The fourth-order valence-corrected chi connectivity index (χ4v) is 2.46. The molecule has 0 saturated carbocycles. The van der Waals surface area contributed by atoms with E-state index < -0.39 is 0 Å². The second-order valence-electron chi connectivity index (χ2n) is 5.16. The summed E-state index contributed by atoms with van der Waals surface area (Å²) in [6.45, 7) is 3.44. The molecular weight excluding hydrogens is 270 g/mol. The molecule has 1 aromatic rings. The third-order valence-electron chi connectivity index (χ3n) is 3.58. The average molecular weight is 293 g/mol. The Morgan fingerprint density at radius 1 is 1.48 bits per heavy atom. The van der Waals surface area contributed by atoms with E-state index in [1.165, 1.54) is 7.11 Å². The van der Waals surface area contributed by atoms with Gasteiger partial charge in [0, 0.05) is 25.7 Å². The molecule has 0 aromatic heterocycles. The highest BCUT2D eigenvalue weighted by Crippen LogP contribution is 2.19. The first-order valence-electron chi connectivity index (χ1n) is 7.23. The lowest BCUT2D eigenvalue weighted by Gasteiger charge is -2.16. The molecule has 1 amide bonds. The van der Waals surface area contributed by atoms with Crippen molar-refractivity contribution in [3.8, 4) is 5.75 Å². The lowest BCUT2D eigenvalue weighted by Crippen LogP contribution is -2.37. The van der Waals surface area contributed by atoms with Crippen LogP contribution in [0, 0.1) is 0 Å². The molecule has 1 aliphatic heterocycles. The van der Waals surface area contributed by atoms with E-state index in [1.54, 1.807) is 0 Å². The molecule has 6 heteroatoms. The fourth-order valence-electron chi connectivity index (χ4n) is 2.46. The summed E-state index contributed by atoms with van der Waals surface area (Å²) < 4.78 is 10.3. The Hall–Kier alpha value is -1.95. The van der Waals surface area contributed by atoms with Gasteiger partial charge in [-0.25, -0.2) is 4.79 Å². The minimum atomic E-state index is -0.357. The van der Waals surface area contributed by atoms with Crippen LogP contribution in [0.25, 0.3) is 0 Å². The number of alkyl carbamates (subject to hydrolysis) is 1. The Balaban J connectivity index is 1.62. The van der Waals surface area contributed by atoms with Gasteiger partial charge in [0.25, 0.3) is 0 Å². The molecule has 1 aliphatic rings. The van der Waals surface area contributed by atoms with Crippen LogP contribution >= 0.6 is 0 Å². The number of methoxy groups -OCH3 is 1. The van der Waals surface area contributed by atoms with Gasteiger partial charge >= 0.3 is 6.09 Å². The van der Waals surface area contributed by atoms with E-state index in [0.717, 1.165) is 38.2 Å². The number of benzene rings is 1. The monoisotopic (exact) mass is 293 g/mol. The first kappa shape index (κ1) is 15.4. The number of hydrogen-bond donors (Lipinski definition) is 2. The summed E-state index contributed by atoms with van der Waals surface area (Å²) in [4.78, 5) is 13.5. The molecule has 2 rings (SSSR count). The minimum Gasteiger partial charge on any atom is -0.491 e. The van der Waals surface area contributed by atoms with E-state index in [4.69, 9.17) is 10.5 Å². The van der Waals surface area contributed by atoms with Crippen LogP contribution in [0.15, 0.2) is 24.3 Å². The third-order valence-corrected chi connectivity index (χ3v) is 3.58. The SMILES string of the molecule is COC(=O)NC1CCN(CCCOc2ccccc2N)C1. The molecule has 0 spiro atoms. The summed E-state index contributed by atoms with van der Waals surface area (Å²) in [6, 6.07) is 7.69. The Labute approximate surface area is 125 Å². The van der Waals surface area contributed by atoms with Crippen LogP contribution in [0.4, 0.5) is 10.5 Å². The maximum Gasteiger partial charge on any atom is 0.407 e. The van der Waals surface area contributed by atoms with Crippen LogP contribution in [-0.4, -0.2) is 50.4 Å². The standard InChI is InChI=1S/C15H23N3O3/c1-20-15(19)17-12-7-9-18(11-12)8-4-10-21-14-6-3-2-5-13(14)16/h2-3,5-6,12H,4,7-11,16H2,1H3,(H,17,19). The van der Waals surface area contributed by atoms with Crippen LogP contribution in [0.3, 0.4) is 0 Å². The van der Waals surface area contributed by atoms with Crippen LogP contribution in [-0.2, 0) is 4.74 Å². The molecule has 1 saturated heterocycles. The molecule has 1 unspecified atom stereocenters. The maximum absolute atomic E-state index is 11.1. The van der Waals surface area contributed by atoms with Crippen molar-refractivity contribution in [1.29, 1.82) is 0 Å². The number of para-hydroxylation sites is 2. The highest BCUT2D eigenvalue weighted by Gasteiger charge is 2.23. The quantitative estimate of drug-likeness (QED) is 0.613. The van der Waals surface area contributed by atoms with Crippen molar-refractivity contribution in [3.63, 3.8) is 0 Å². The molecule has 116 valence electrons. The number of nitrogens with one attached hydrogen (secondary N) is 1. The lowest BCUT2D eigenvalue weighted by atomic mass is 10.3. The highest BCUT2D eigenvalue weighted by molar-refractivity contribution is 5.67. The Morgan fingerprint density at radius 2 is 2.29 bits per heavy atom. The molecule has 0 bridgehead atoms. The number of likely N-dealkylation sites (tertiary alicyclic amines) is 1. The second kappa shape index (κ2) is 7.73. The molecule has 0 radical (unpaired) electrons. The van der Waals surface area contributed by atoms with Crippen molar-refractivity contribution >= 4 is 11.8 Å². The summed E-state index contributed by atoms with van der Waals surface area (Å²) in [5.41, 5.74) is 6.48. The molecule has 21 heavy (non-hydrogen) atoms. The highest BCUT2D eigenvalue weighted by atomic mass is 16.5. The molecular formula is C15H23N3O3. The summed E-state index contributed by atoms with van der Waals surface area (Å²) in [7, 11) is 1.38. The van der Waals surface area contributed by atoms with Gasteiger partial charge in [0.2, 0.25) is 0 Å². The molecule has 6 nitrogen and oxygen atoms in total. The Bertz CT molecular complexity index is 467. The first-order chi connectivity index (χ1) is 10.2. The van der Waals surface area contributed by atoms with E-state index in [2.05, 4.69) is 15.0 Å². The van der Waals surface area contributed by atoms with E-state index in [1.807, 2.05) is 24.3 Å². The van der Waals surface area contributed by atoms with Crippen LogP contribution in [0.2, 0.25) is 0 Å². The van der Waals surface area contributed by atoms with Crippen molar-refractivity contribution in [2.45, 2.75) is 18.9 Å². The predicted molar refractivity (Wildman–Crippen MR) is 81.4 cm³/mol. The van der Waals surface area contributed by atoms with Gasteiger partial charge < -0.3 is 25.4 Å². The number of ether oxygens (including phenoxy) is 2. The zero-order valence-corrected chi connectivity index (χ0v) is 12.4. The van der Waals surface area contributed by atoms with E-state index in [0.29, 0.717) is 12.3 Å². The van der Waals surface area contributed by atoms with Gasteiger partial charge in [0.15, 0.2) is 0 Å².